The Hall–Kier alpha value is -2.52. The number of nitrogens with zero attached hydrogens (tertiary/aromatic N) is 4. The quantitative estimate of drug-likeness (QED) is 0.179. The molecule has 0 saturated carbocycles. The molecule has 0 fully saturated rings. The number of aryl methyl sites for hydroxylation is 1. The number of hydrogen-bond acceptors (Lipinski definition) is 13. The zero-order valence-electron chi connectivity index (χ0n) is 20.2. The SMILES string of the molecule is CCNC(=O)c1noc(C2C=C(C(C)C)C(OP(=O)(O)O)=CC(ON(O)P(O)O)C2)c1-c1noc(C)n1. The summed E-state index contributed by atoms with van der Waals surface area (Å²) in [7, 11) is -8.10. The number of nitrogens with one attached hydrogen (secondary N) is 1. The second-order valence-corrected chi connectivity index (χ2v) is 10.2. The maximum atomic E-state index is 12.7. The molecule has 1 aliphatic rings. The van der Waals surface area contributed by atoms with E-state index in [1.165, 1.54) is 6.08 Å². The minimum Gasteiger partial charge on any atom is -0.404 e. The lowest BCUT2D eigenvalue weighted by Crippen LogP contribution is -2.24. The molecule has 0 spiro atoms. The summed E-state index contributed by atoms with van der Waals surface area (Å²) in [6.45, 7) is 7.05. The summed E-state index contributed by atoms with van der Waals surface area (Å²) in [6, 6.07) is 0. The van der Waals surface area contributed by atoms with E-state index in [1.807, 2.05) is 0 Å². The molecule has 16 nitrogen and oxygen atoms in total. The van der Waals surface area contributed by atoms with Gasteiger partial charge in [0.05, 0.1) is 5.56 Å². The predicted octanol–water partition coefficient (Wildman–Crippen LogP) is 2.05. The molecular weight excluding hydrogens is 536 g/mol. The van der Waals surface area contributed by atoms with Crippen LogP contribution in [0, 0.1) is 12.8 Å². The highest BCUT2D eigenvalue weighted by Crippen LogP contribution is 2.46. The van der Waals surface area contributed by atoms with Crippen molar-refractivity contribution in [2.75, 3.05) is 6.54 Å². The highest BCUT2D eigenvalue weighted by molar-refractivity contribution is 7.46. The Morgan fingerprint density at radius 1 is 1.30 bits per heavy atom. The molecule has 2 heterocycles. The monoisotopic (exact) mass is 563 g/mol. The summed E-state index contributed by atoms with van der Waals surface area (Å²) in [5, 5.41) is 20.2. The Labute approximate surface area is 211 Å². The fourth-order valence-electron chi connectivity index (χ4n) is 3.63. The van der Waals surface area contributed by atoms with Crippen molar-refractivity contribution in [2.45, 2.75) is 46.1 Å². The fourth-order valence-corrected chi connectivity index (χ4v) is 4.26. The third-order valence-electron chi connectivity index (χ3n) is 5.07. The van der Waals surface area contributed by atoms with Gasteiger partial charge in [0.15, 0.2) is 11.5 Å². The molecule has 0 aromatic carbocycles. The first kappa shape index (κ1) is 29.0. The van der Waals surface area contributed by atoms with Crippen molar-refractivity contribution >= 4 is 22.3 Å². The van der Waals surface area contributed by atoms with Gasteiger partial charge in [0.1, 0.15) is 11.9 Å². The first-order chi connectivity index (χ1) is 17.3. The smallest absolute Gasteiger partial charge is 0.404 e. The highest BCUT2D eigenvalue weighted by Gasteiger charge is 2.36. The lowest BCUT2D eigenvalue weighted by Gasteiger charge is -2.21. The molecule has 3 rings (SSSR count). The summed E-state index contributed by atoms with van der Waals surface area (Å²) in [5.41, 5.74) is 0.305. The van der Waals surface area contributed by atoms with E-state index in [2.05, 4.69) is 20.6 Å². The van der Waals surface area contributed by atoms with Crippen LogP contribution in [0.2, 0.25) is 0 Å². The normalized spacial score (nSPS) is 18.7. The molecule has 0 aliphatic heterocycles. The third-order valence-corrected chi connectivity index (χ3v) is 5.90. The molecule has 37 heavy (non-hydrogen) atoms. The van der Waals surface area contributed by atoms with E-state index in [0.29, 0.717) is 12.1 Å². The van der Waals surface area contributed by atoms with Crippen molar-refractivity contribution in [1.29, 1.82) is 0 Å². The van der Waals surface area contributed by atoms with Gasteiger partial charge in [-0.2, -0.15) is 4.98 Å². The van der Waals surface area contributed by atoms with E-state index >= 15 is 0 Å². The Morgan fingerprint density at radius 2 is 2.00 bits per heavy atom. The first-order valence-electron chi connectivity index (χ1n) is 10.9. The van der Waals surface area contributed by atoms with Gasteiger partial charge in [-0.25, -0.2) is 4.57 Å². The van der Waals surface area contributed by atoms with Crippen molar-refractivity contribution in [3.05, 3.63) is 40.8 Å². The number of allylic oxidation sites excluding steroid dienone is 2. The summed E-state index contributed by atoms with van der Waals surface area (Å²) in [6.07, 6.45) is 1.42. The lowest BCUT2D eigenvalue weighted by atomic mass is 9.92. The number of carbonyl (C=O) groups is 1. The Morgan fingerprint density at radius 3 is 2.54 bits per heavy atom. The van der Waals surface area contributed by atoms with E-state index in [0.717, 1.165) is 0 Å². The van der Waals surface area contributed by atoms with Crippen LogP contribution < -0.4 is 5.32 Å². The summed E-state index contributed by atoms with van der Waals surface area (Å²) < 4.78 is 27.2. The summed E-state index contributed by atoms with van der Waals surface area (Å²) in [4.78, 5) is 59.4. The molecule has 1 aliphatic carbocycles. The van der Waals surface area contributed by atoms with Crippen LogP contribution in [0.1, 0.15) is 55.2 Å². The van der Waals surface area contributed by atoms with Gasteiger partial charge in [0.25, 0.3) is 5.91 Å². The third kappa shape index (κ3) is 7.29. The van der Waals surface area contributed by atoms with Crippen LogP contribution in [-0.2, 0) is 13.9 Å². The minimum absolute atomic E-state index is 0.00823. The maximum absolute atomic E-state index is 12.7. The minimum atomic E-state index is -5.03. The second kappa shape index (κ2) is 11.9. The number of aromatic nitrogens is 3. The number of phosphoric acid groups is 1. The van der Waals surface area contributed by atoms with Crippen LogP contribution in [0.15, 0.2) is 32.5 Å². The standard InChI is InChI=1S/C19H27N5O11P2/c1-5-20-19(25)16-15(18-21-10(4)32-23-18)17(33-22-16)11-6-12(34-24(26)36(27)28)8-14(35-37(29,30)31)13(7-11)9(2)3/h7-9,11-12,26-28H,5-6H2,1-4H3,(H,20,25)(H2,29,30,31). The predicted molar refractivity (Wildman–Crippen MR) is 124 cm³/mol. The number of amides is 1. The number of rotatable bonds is 10. The van der Waals surface area contributed by atoms with Crippen molar-refractivity contribution < 1.29 is 52.5 Å². The fraction of sp³-hybridized carbons (Fsp3) is 0.474. The van der Waals surface area contributed by atoms with Gasteiger partial charge >= 0.3 is 16.3 Å². The molecule has 6 N–H and O–H groups in total. The average Bonchev–Trinajstić information content (AvgIpc) is 3.36. The highest BCUT2D eigenvalue weighted by atomic mass is 31.2. The van der Waals surface area contributed by atoms with Crippen LogP contribution in [0.4, 0.5) is 0 Å². The molecule has 18 heteroatoms. The maximum Gasteiger partial charge on any atom is 0.524 e. The number of phosphoric ester groups is 1. The van der Waals surface area contributed by atoms with Crippen LogP contribution in [-0.4, -0.2) is 63.6 Å². The molecule has 2 atom stereocenters. The average molecular weight is 563 g/mol. The number of carbonyl (C=O) groups excluding carboxylic acids is 1. The van der Waals surface area contributed by atoms with Crippen LogP contribution in [0.5, 0.6) is 0 Å². The lowest BCUT2D eigenvalue weighted by molar-refractivity contribution is -0.293. The molecule has 0 radical (unpaired) electrons. The van der Waals surface area contributed by atoms with Gasteiger partial charge in [-0.05, 0) is 30.9 Å². The molecule has 204 valence electrons. The molecule has 1 amide bonds. The molecular formula is C19H27N5O11P2. The topological polar surface area (TPSA) is 234 Å². The molecule has 0 bridgehead atoms. The largest absolute Gasteiger partial charge is 0.524 e. The van der Waals surface area contributed by atoms with Gasteiger partial charge in [-0.3, -0.25) is 24.6 Å². The van der Waals surface area contributed by atoms with Crippen LogP contribution in [0.25, 0.3) is 11.4 Å². The zero-order valence-corrected chi connectivity index (χ0v) is 22.0. The van der Waals surface area contributed by atoms with E-state index < -0.39 is 34.3 Å². The van der Waals surface area contributed by atoms with Crippen LogP contribution in [0.3, 0.4) is 0 Å². The van der Waals surface area contributed by atoms with E-state index in [4.69, 9.17) is 18.4 Å². The van der Waals surface area contributed by atoms with Gasteiger partial charge in [-0.15, -0.1) is 0 Å². The Bertz CT molecular complexity index is 1220. The van der Waals surface area contributed by atoms with E-state index in [1.54, 1.807) is 33.8 Å². The zero-order chi connectivity index (χ0) is 27.5. The molecule has 2 unspecified atom stereocenters. The van der Waals surface area contributed by atoms with Gasteiger partial charge in [0.2, 0.25) is 11.7 Å². The van der Waals surface area contributed by atoms with Crippen molar-refractivity contribution in [1.82, 2.24) is 25.6 Å². The second-order valence-electron chi connectivity index (χ2n) is 8.16. The van der Waals surface area contributed by atoms with Gasteiger partial charge in [-0.1, -0.05) is 30.2 Å². The van der Waals surface area contributed by atoms with E-state index in [9.17, 15) is 34.1 Å². The summed E-state index contributed by atoms with van der Waals surface area (Å²) >= 11 is 0. The van der Waals surface area contributed by atoms with E-state index in [-0.39, 0.29) is 51.8 Å². The summed E-state index contributed by atoms with van der Waals surface area (Å²) in [5.74, 6) is -1.70. The van der Waals surface area contributed by atoms with Crippen LogP contribution >= 0.6 is 16.3 Å². The Kier molecular flexibility index (Phi) is 9.34. The van der Waals surface area contributed by atoms with Crippen molar-refractivity contribution in [2.24, 2.45) is 5.92 Å². The molecule has 2 aromatic rings. The van der Waals surface area contributed by atoms with Gasteiger partial charge in [0, 0.05) is 24.4 Å². The van der Waals surface area contributed by atoms with Gasteiger partial charge < -0.3 is 28.7 Å². The van der Waals surface area contributed by atoms with Crippen molar-refractivity contribution in [3.8, 4) is 11.4 Å². The molecule has 2 aromatic heterocycles. The van der Waals surface area contributed by atoms with Crippen molar-refractivity contribution in [3.63, 3.8) is 0 Å². The Balaban J connectivity index is 2.18. The molecule has 0 saturated heterocycles. The first-order valence-corrected chi connectivity index (χ1v) is 13.6. The number of hydrogen-bond donors (Lipinski definition) is 6.